The normalized spacial score (nSPS) is 11.7. The quantitative estimate of drug-likeness (QED) is 0.490. The van der Waals surface area contributed by atoms with Crippen molar-refractivity contribution in [3.63, 3.8) is 0 Å². The number of aromatic nitrogens is 1. The summed E-state index contributed by atoms with van der Waals surface area (Å²) in [6, 6.07) is 10.3. The van der Waals surface area contributed by atoms with Gasteiger partial charge < -0.3 is 5.32 Å². The van der Waals surface area contributed by atoms with Gasteiger partial charge in [-0.15, -0.1) is 11.3 Å². The molecule has 0 radical (unpaired) electrons. The maximum Gasteiger partial charge on any atom is 0.263 e. The average molecular weight is 467 g/mol. The van der Waals surface area contributed by atoms with Gasteiger partial charge in [-0.25, -0.2) is 21.8 Å². The molecular weight excluding hydrogens is 448 g/mol. The second-order valence-electron chi connectivity index (χ2n) is 6.33. The maximum absolute atomic E-state index is 12.5. The zero-order valence-corrected chi connectivity index (χ0v) is 18.4. The van der Waals surface area contributed by atoms with E-state index in [2.05, 4.69) is 19.7 Å². The topological polar surface area (TPSA) is 134 Å². The molecule has 1 amide bonds. The smallest absolute Gasteiger partial charge is 0.263 e. The van der Waals surface area contributed by atoms with Gasteiger partial charge in [0.15, 0.2) is 5.13 Å². The monoisotopic (exact) mass is 466 g/mol. The predicted molar refractivity (Wildman–Crippen MR) is 117 cm³/mol. The molecule has 9 nitrogen and oxygen atoms in total. The molecule has 0 aliphatic heterocycles. The lowest BCUT2D eigenvalue weighted by molar-refractivity contribution is 0.102. The Morgan fingerprint density at radius 2 is 1.70 bits per heavy atom. The van der Waals surface area contributed by atoms with Crippen LogP contribution in [0.25, 0.3) is 0 Å². The van der Waals surface area contributed by atoms with Gasteiger partial charge in [0.1, 0.15) is 0 Å². The minimum atomic E-state index is -3.79. The van der Waals surface area contributed by atoms with Crippen LogP contribution in [-0.4, -0.2) is 34.0 Å². The number of sulfonamides is 2. The van der Waals surface area contributed by atoms with Crippen molar-refractivity contribution in [2.24, 2.45) is 0 Å². The summed E-state index contributed by atoms with van der Waals surface area (Å²) in [5.74, 6) is -0.469. The van der Waals surface area contributed by atoms with Crippen LogP contribution in [0.5, 0.6) is 0 Å². The second-order valence-corrected chi connectivity index (χ2v) is 10.7. The first kappa shape index (κ1) is 21.7. The van der Waals surface area contributed by atoms with E-state index in [1.807, 2.05) is 0 Å². The van der Waals surface area contributed by atoms with E-state index in [-0.39, 0.29) is 15.6 Å². The van der Waals surface area contributed by atoms with Crippen molar-refractivity contribution < 1.29 is 21.6 Å². The van der Waals surface area contributed by atoms with Crippen LogP contribution in [-0.2, 0) is 20.0 Å². The highest BCUT2D eigenvalue weighted by Crippen LogP contribution is 2.21. The molecule has 0 aliphatic carbocycles. The minimum absolute atomic E-state index is 0.0191. The summed E-state index contributed by atoms with van der Waals surface area (Å²) in [5, 5.41) is 4.56. The lowest BCUT2D eigenvalue weighted by atomic mass is 10.1. The zero-order chi connectivity index (χ0) is 21.9. The van der Waals surface area contributed by atoms with E-state index in [4.69, 9.17) is 0 Å². The Bertz CT molecular complexity index is 1270. The minimum Gasteiger partial charge on any atom is -0.322 e. The molecule has 3 N–H and O–H groups in total. The SMILES string of the molecule is Cc1ccc(C(=O)Nc2ccc(S(=O)(=O)Nc3nccs3)cc2)cc1NS(C)(=O)=O. The molecule has 12 heteroatoms. The Hall–Kier alpha value is -2.96. The van der Waals surface area contributed by atoms with Gasteiger partial charge in [0, 0.05) is 22.8 Å². The first-order valence-electron chi connectivity index (χ1n) is 8.46. The Morgan fingerprint density at radius 3 is 2.30 bits per heavy atom. The highest BCUT2D eigenvalue weighted by molar-refractivity contribution is 7.93. The van der Waals surface area contributed by atoms with Gasteiger partial charge in [-0.2, -0.15) is 0 Å². The molecule has 0 saturated heterocycles. The van der Waals surface area contributed by atoms with Crippen molar-refractivity contribution in [2.45, 2.75) is 11.8 Å². The number of hydrogen-bond acceptors (Lipinski definition) is 7. The van der Waals surface area contributed by atoms with Gasteiger partial charge in [-0.3, -0.25) is 14.2 Å². The van der Waals surface area contributed by atoms with Crippen molar-refractivity contribution in [1.29, 1.82) is 0 Å². The fourth-order valence-corrected chi connectivity index (χ4v) is 4.85. The van der Waals surface area contributed by atoms with Crippen LogP contribution >= 0.6 is 11.3 Å². The van der Waals surface area contributed by atoms with E-state index >= 15 is 0 Å². The number of benzene rings is 2. The van der Waals surface area contributed by atoms with Crippen LogP contribution in [0.2, 0.25) is 0 Å². The second kappa shape index (κ2) is 8.42. The summed E-state index contributed by atoms with van der Waals surface area (Å²) < 4.78 is 52.4. The summed E-state index contributed by atoms with van der Waals surface area (Å²) in [4.78, 5) is 16.4. The third-order valence-electron chi connectivity index (χ3n) is 3.87. The maximum atomic E-state index is 12.5. The number of anilines is 3. The lowest BCUT2D eigenvalue weighted by Gasteiger charge is -2.11. The molecule has 0 saturated carbocycles. The molecule has 3 aromatic rings. The molecule has 0 unspecified atom stereocenters. The van der Waals surface area contributed by atoms with E-state index < -0.39 is 26.0 Å². The molecule has 2 aromatic carbocycles. The molecule has 3 rings (SSSR count). The number of nitrogens with zero attached hydrogens (tertiary/aromatic N) is 1. The van der Waals surface area contributed by atoms with Crippen molar-refractivity contribution in [3.05, 3.63) is 65.2 Å². The summed E-state index contributed by atoms with van der Waals surface area (Å²) in [5.41, 5.74) is 1.60. The van der Waals surface area contributed by atoms with Crippen molar-refractivity contribution in [3.8, 4) is 0 Å². The molecule has 158 valence electrons. The molecule has 1 heterocycles. The van der Waals surface area contributed by atoms with Gasteiger partial charge in [-0.05, 0) is 48.9 Å². The third kappa shape index (κ3) is 5.55. The fourth-order valence-electron chi connectivity index (χ4n) is 2.44. The molecule has 1 aromatic heterocycles. The molecule has 30 heavy (non-hydrogen) atoms. The van der Waals surface area contributed by atoms with Crippen molar-refractivity contribution in [2.75, 3.05) is 21.0 Å². The van der Waals surface area contributed by atoms with E-state index in [1.165, 1.54) is 36.5 Å². The molecule has 0 aliphatic rings. The number of thiazole rings is 1. The highest BCUT2D eigenvalue weighted by Gasteiger charge is 2.16. The largest absolute Gasteiger partial charge is 0.322 e. The molecular formula is C18H18N4O5S3. The van der Waals surface area contributed by atoms with Crippen LogP contribution < -0.4 is 14.8 Å². The number of amides is 1. The predicted octanol–water partition coefficient (Wildman–Crippen LogP) is 2.88. The van der Waals surface area contributed by atoms with Gasteiger partial charge in [0.2, 0.25) is 10.0 Å². The van der Waals surface area contributed by atoms with Gasteiger partial charge >= 0.3 is 0 Å². The van der Waals surface area contributed by atoms with Crippen LogP contribution in [0, 0.1) is 6.92 Å². The Morgan fingerprint density at radius 1 is 1.00 bits per heavy atom. The number of carbonyl (C=O) groups excluding carboxylic acids is 1. The van der Waals surface area contributed by atoms with Gasteiger partial charge in [0.05, 0.1) is 16.8 Å². The lowest BCUT2D eigenvalue weighted by Crippen LogP contribution is -2.15. The van der Waals surface area contributed by atoms with E-state index in [0.717, 1.165) is 17.6 Å². The van der Waals surface area contributed by atoms with E-state index in [1.54, 1.807) is 24.4 Å². The first-order valence-corrected chi connectivity index (χ1v) is 12.7. The Kier molecular flexibility index (Phi) is 6.10. The number of carbonyl (C=O) groups is 1. The average Bonchev–Trinajstić information content (AvgIpc) is 3.15. The van der Waals surface area contributed by atoms with E-state index in [9.17, 15) is 21.6 Å². The number of aryl methyl sites for hydroxylation is 1. The number of rotatable bonds is 7. The molecule has 0 fully saturated rings. The zero-order valence-electron chi connectivity index (χ0n) is 15.9. The van der Waals surface area contributed by atoms with Crippen LogP contribution in [0.3, 0.4) is 0 Å². The first-order chi connectivity index (χ1) is 14.0. The van der Waals surface area contributed by atoms with E-state index in [0.29, 0.717) is 16.9 Å². The Balaban J connectivity index is 1.74. The summed E-state index contributed by atoms with van der Waals surface area (Å²) in [6.45, 7) is 1.72. The third-order valence-corrected chi connectivity index (χ3v) is 6.63. The van der Waals surface area contributed by atoms with Crippen molar-refractivity contribution in [1.82, 2.24) is 4.98 Å². The summed E-state index contributed by atoms with van der Waals surface area (Å²) in [7, 11) is -7.28. The van der Waals surface area contributed by atoms with Gasteiger partial charge in [0.25, 0.3) is 15.9 Å². The van der Waals surface area contributed by atoms with Crippen LogP contribution in [0.15, 0.2) is 58.9 Å². The summed E-state index contributed by atoms with van der Waals surface area (Å²) in [6.07, 6.45) is 2.52. The van der Waals surface area contributed by atoms with Crippen LogP contribution in [0.4, 0.5) is 16.5 Å². The number of nitrogens with one attached hydrogen (secondary N) is 3. The Labute approximate surface area is 178 Å². The number of hydrogen-bond donors (Lipinski definition) is 3. The summed E-state index contributed by atoms with van der Waals surface area (Å²) >= 11 is 1.16. The molecule has 0 atom stereocenters. The molecule has 0 bridgehead atoms. The van der Waals surface area contributed by atoms with Crippen molar-refractivity contribution >= 4 is 53.8 Å². The van der Waals surface area contributed by atoms with Crippen LogP contribution in [0.1, 0.15) is 15.9 Å². The fraction of sp³-hybridized carbons (Fsp3) is 0.111. The molecule has 0 spiro atoms. The highest BCUT2D eigenvalue weighted by atomic mass is 32.2. The van der Waals surface area contributed by atoms with Gasteiger partial charge in [-0.1, -0.05) is 6.07 Å². The standard InChI is InChI=1S/C18H18N4O5S3/c1-12-3-4-13(11-16(12)21-29(2,24)25)17(23)20-14-5-7-15(8-6-14)30(26,27)22-18-19-9-10-28-18/h3-11,21H,1-2H3,(H,19,22)(H,20,23).